The van der Waals surface area contributed by atoms with Gasteiger partial charge in [0.15, 0.2) is 45.2 Å². The first kappa shape index (κ1) is 94.3. The van der Waals surface area contributed by atoms with Crippen molar-refractivity contribution in [2.75, 3.05) is 65.9 Å². The van der Waals surface area contributed by atoms with Gasteiger partial charge in [-0.1, -0.05) is 91.0 Å². The van der Waals surface area contributed by atoms with Crippen LogP contribution in [0.15, 0.2) is 246 Å². The Morgan fingerprint density at radius 3 is 1.11 bits per heavy atom. The summed E-state index contributed by atoms with van der Waals surface area (Å²) in [6, 6.07) is 60.2. The van der Waals surface area contributed by atoms with Gasteiger partial charge in [-0.2, -0.15) is 30.2 Å². The minimum absolute atomic E-state index is 0.0444. The number of rotatable bonds is 18. The minimum atomic E-state index is -0.0910. The van der Waals surface area contributed by atoms with Gasteiger partial charge < -0.3 is 81.5 Å². The van der Waals surface area contributed by atoms with Gasteiger partial charge in [-0.15, -0.1) is 0 Å². The molecule has 149 heavy (non-hydrogen) atoms. The van der Waals surface area contributed by atoms with Gasteiger partial charge in [0.1, 0.15) is 81.9 Å². The fourth-order valence-corrected chi connectivity index (χ4v) is 21.4. The largest absolute Gasteiger partial charge is 0.424 e. The number of benzene rings is 8. The topological polar surface area (TPSA) is 526 Å². The second-order valence-electron chi connectivity index (χ2n) is 38.9. The van der Waals surface area contributed by atoms with Crippen molar-refractivity contribution in [2.45, 2.75) is 150 Å². The molecule has 8 aromatic carbocycles. The number of nitrogen functional groups attached to an aromatic ring is 6. The van der Waals surface area contributed by atoms with Crippen molar-refractivity contribution in [1.29, 1.82) is 0 Å². The third-order valence-electron chi connectivity index (χ3n) is 28.9. The van der Waals surface area contributed by atoms with Gasteiger partial charge in [0.25, 0.3) is 40.3 Å². The van der Waals surface area contributed by atoms with Gasteiger partial charge in [0.2, 0.25) is 0 Å². The number of aryl methyl sites for hydroxylation is 4. The molecule has 1 saturated carbocycles. The second-order valence-corrected chi connectivity index (χ2v) is 38.9. The summed E-state index contributed by atoms with van der Waals surface area (Å²) in [7, 11) is 0. The van der Waals surface area contributed by atoms with Crippen molar-refractivity contribution in [3.8, 4) is 39.5 Å². The monoisotopic (exact) mass is 1990 g/mol. The lowest BCUT2D eigenvalue weighted by Gasteiger charge is -2.36. The number of para-hydroxylation sites is 1. The van der Waals surface area contributed by atoms with E-state index in [-0.39, 0.29) is 65.0 Å². The number of aromatic amines is 1. The summed E-state index contributed by atoms with van der Waals surface area (Å²) in [4.78, 5) is 115. The molecule has 26 rings (SSSR count). The van der Waals surface area contributed by atoms with E-state index in [2.05, 4.69) is 126 Å². The van der Waals surface area contributed by atoms with Crippen LogP contribution >= 0.6 is 0 Å². The molecule has 17 heterocycles. The van der Waals surface area contributed by atoms with Crippen molar-refractivity contribution >= 4 is 162 Å². The zero-order valence-corrected chi connectivity index (χ0v) is 83.0. The molecule has 1 aliphatic carbocycles. The van der Waals surface area contributed by atoms with Gasteiger partial charge in [-0.3, -0.25) is 23.7 Å². The quantitative estimate of drug-likeness (QED) is 0.0395. The van der Waals surface area contributed by atoms with Crippen LogP contribution in [0, 0.1) is 27.7 Å². The molecule has 0 unspecified atom stereocenters. The molecule has 0 amide bonds. The van der Waals surface area contributed by atoms with Gasteiger partial charge >= 0.3 is 0 Å². The predicted octanol–water partition coefficient (Wildman–Crippen LogP) is 16.4. The molecule has 0 atom stereocenters. The van der Waals surface area contributed by atoms with E-state index in [1.807, 2.05) is 198 Å². The SMILES string of the molecule is Cc1cccc2cc(CNc3ncnc4nc[nH]c34)n(C3CCN(C(C)C)CC3)c(=O)c12.Cc1cccc2cc(Cn3nc(-c4ccc5oc(N)nc5c4)c4c(N)ncnc43)n(-c3ccccc3)c(=O)c12.Cc1cccc2cc(Cn3nc(-c4ccc5oc(N)nc5c4)c4c(N)ncnc43)n(C3CC3)c(=O)c12.Cc1cccc2cc(Cn3nc(-c4ccc5oc(N)nc5c4)c4c(N)ncnc43)n(C3CCN(C(C)C)CC3)c(=O)c12. The third-order valence-corrected chi connectivity index (χ3v) is 28.9. The standard InChI is InChI=1S/C31H33N9O2.C29H22N8O2.C26H22N8O2.C24H29N7O/c1-17(2)38-11-9-21(10-12-38)40-22(13-19-6-4-5-18(3)25(19)30(40)41)15-39-29-26(28(32)34-16-35-29)27(37-39)20-7-8-24-23(14-20)36-31(33)42-24;1-16-6-5-7-17-12-20(37(28(38)23(16)17)19-8-3-2-4-9-19)14-36-27-24(26(30)32-15-33-27)25(35-36)18-10-11-22-21(13-18)34-29(31)39-22;1-13-3-2-4-14-9-17(34(16-6-7-16)25(35)20(13)14)11-33-24-21(23(27)29-12-30-24)22(32-33)15-5-8-19-18(10-15)31-26(28)36-19;1-15(2)30-9-7-18(8-10-30)31-19(11-17-6-4-5-16(3)20(17)24(31)32)12-25-22-21-23(27-13-26-21)29-14-28-22/h4-8,13-14,16-17,21H,9-12,15H2,1-3H3,(H2,33,36)(H2,32,34,35);2-13,15H,14H2,1H3,(H2,31,34)(H2,30,32,33);2-5,8-10,12,16H,6-7,11H2,1H3,(H2,28,31)(H2,27,29,30);4-6,11,13-15,18H,7-10,12H2,1-3H3,(H2,25,26,27,28,29). The van der Waals surface area contributed by atoms with E-state index in [4.69, 9.17) is 62.9 Å². The Bertz CT molecular complexity index is 9490. The first-order valence-electron chi connectivity index (χ1n) is 49.6. The molecule has 2 saturated heterocycles. The number of nitrogens with zero attached hydrogens (tertiary/aromatic N) is 24. The molecule has 0 radical (unpaired) electrons. The molecular weight excluding hydrogens is 1880 g/mol. The smallest absolute Gasteiger partial charge is 0.292 e. The van der Waals surface area contributed by atoms with E-state index < -0.39 is 0 Å². The number of fused-ring (bicyclic) bond motifs is 11. The number of nitrogens with two attached hydrogens (primary N) is 6. The van der Waals surface area contributed by atoms with Crippen molar-refractivity contribution in [3.63, 3.8) is 0 Å². The zero-order valence-electron chi connectivity index (χ0n) is 83.0. The predicted molar refractivity (Wildman–Crippen MR) is 579 cm³/mol. The van der Waals surface area contributed by atoms with Gasteiger partial charge in [-0.25, -0.2) is 58.9 Å². The Balaban J connectivity index is 0.000000110. The molecule has 39 nitrogen and oxygen atoms in total. The maximum absolute atomic E-state index is 14.2. The number of likely N-dealkylation sites (tertiary alicyclic amines) is 2. The zero-order chi connectivity index (χ0) is 103. The first-order chi connectivity index (χ1) is 72.3. The molecule has 0 spiro atoms. The Morgan fingerprint density at radius 1 is 0.369 bits per heavy atom. The molecule has 15 aromatic heterocycles. The summed E-state index contributed by atoms with van der Waals surface area (Å²) in [5.41, 5.74) is 55.4. The Labute approximate surface area is 848 Å². The Hall–Kier alpha value is -18.3. The number of hydrogen-bond acceptors (Lipinski definition) is 31. The van der Waals surface area contributed by atoms with Crippen LogP contribution in [0.3, 0.4) is 0 Å². The van der Waals surface area contributed by atoms with Crippen molar-refractivity contribution in [1.82, 2.24) is 122 Å². The average Bonchev–Trinajstić information content (AvgIpc) is 1.32. The molecular formula is C110H106N32O7. The van der Waals surface area contributed by atoms with Crippen LogP contribution in [-0.4, -0.2) is 160 Å². The second kappa shape index (κ2) is 38.4. The molecule has 23 aromatic rings. The van der Waals surface area contributed by atoms with Crippen molar-refractivity contribution < 1.29 is 13.3 Å². The van der Waals surface area contributed by atoms with Crippen LogP contribution in [-0.2, 0) is 26.2 Å². The van der Waals surface area contributed by atoms with E-state index in [0.717, 1.165) is 175 Å². The summed E-state index contributed by atoms with van der Waals surface area (Å²) in [5, 5.41) is 26.9. The first-order valence-corrected chi connectivity index (χ1v) is 49.6. The van der Waals surface area contributed by atoms with E-state index in [1.54, 1.807) is 32.4 Å². The number of hydrogen-bond donors (Lipinski definition) is 8. The average molecular weight is 1990 g/mol. The van der Waals surface area contributed by atoms with Gasteiger partial charge in [0, 0.05) is 102 Å². The molecule has 3 aliphatic rings. The van der Waals surface area contributed by atoms with Crippen molar-refractivity contribution in [3.05, 3.63) is 300 Å². The fourth-order valence-electron chi connectivity index (χ4n) is 21.4. The molecule has 3 fully saturated rings. The number of oxazole rings is 3. The Kier molecular flexibility index (Phi) is 24.3. The molecule has 2 aliphatic heterocycles. The van der Waals surface area contributed by atoms with E-state index >= 15 is 0 Å². The normalized spacial score (nSPS) is 14.0. The Morgan fingerprint density at radius 2 is 0.725 bits per heavy atom. The third kappa shape index (κ3) is 17.6. The lowest BCUT2D eigenvalue weighted by atomic mass is 10.0. The number of anilines is 7. The highest BCUT2D eigenvalue weighted by Gasteiger charge is 2.34. The van der Waals surface area contributed by atoms with Gasteiger partial charge in [-0.05, 0) is 229 Å². The van der Waals surface area contributed by atoms with Crippen LogP contribution in [0.4, 0.5) is 41.3 Å². The number of aromatic nitrogens is 23. The maximum Gasteiger partial charge on any atom is 0.292 e. The highest BCUT2D eigenvalue weighted by molar-refractivity contribution is 6.03. The van der Waals surface area contributed by atoms with E-state index in [1.165, 1.54) is 25.3 Å². The summed E-state index contributed by atoms with van der Waals surface area (Å²) in [5.74, 6) is 1.64. The van der Waals surface area contributed by atoms with E-state index in [0.29, 0.717) is 150 Å². The van der Waals surface area contributed by atoms with Gasteiger partial charge in [0.05, 0.1) is 70.2 Å². The summed E-state index contributed by atoms with van der Waals surface area (Å²) in [6.07, 6.45) is 13.1. The molecule has 39 heteroatoms. The van der Waals surface area contributed by atoms with Crippen LogP contribution in [0.1, 0.15) is 129 Å². The van der Waals surface area contributed by atoms with Crippen LogP contribution in [0.5, 0.6) is 0 Å². The number of H-pyrrole nitrogens is 1. The minimum Gasteiger partial charge on any atom is -0.424 e. The number of nitrogens with one attached hydrogen (secondary N) is 2. The number of pyridine rings is 4. The maximum atomic E-state index is 14.2. The summed E-state index contributed by atoms with van der Waals surface area (Å²) >= 11 is 0. The highest BCUT2D eigenvalue weighted by Crippen LogP contribution is 2.42. The fraction of sp³-hybridized carbons (Fsp3) is 0.245. The van der Waals surface area contributed by atoms with E-state index in [9.17, 15) is 19.2 Å². The van der Waals surface area contributed by atoms with Crippen LogP contribution < -0.4 is 62.0 Å². The number of piperidine rings is 2. The molecule has 14 N–H and O–H groups in total. The summed E-state index contributed by atoms with van der Waals surface area (Å²) in [6.45, 7) is 22.2. The highest BCUT2D eigenvalue weighted by atomic mass is 16.4. The number of imidazole rings is 1. The summed E-state index contributed by atoms with van der Waals surface area (Å²) < 4.78 is 29.4. The molecule has 748 valence electrons. The van der Waals surface area contributed by atoms with Crippen LogP contribution in [0.25, 0.3) is 160 Å². The molecule has 0 bridgehead atoms. The van der Waals surface area contributed by atoms with Crippen molar-refractivity contribution in [2.24, 2.45) is 0 Å². The lowest BCUT2D eigenvalue weighted by molar-refractivity contribution is 0.149. The lowest BCUT2D eigenvalue weighted by Crippen LogP contribution is -2.41. The van der Waals surface area contributed by atoms with Crippen LogP contribution in [0.2, 0.25) is 0 Å².